The number of aryl methyl sites for hydroxylation is 1. The number of hydrogen-bond donors (Lipinski definition) is 0. The van der Waals surface area contributed by atoms with Gasteiger partial charge in [0.1, 0.15) is 0 Å². The van der Waals surface area contributed by atoms with Crippen LogP contribution in [0.25, 0.3) is 0 Å². The van der Waals surface area contributed by atoms with Crippen molar-refractivity contribution in [1.29, 1.82) is 0 Å². The van der Waals surface area contributed by atoms with Crippen molar-refractivity contribution in [3.8, 4) is 0 Å². The Hall–Kier alpha value is -0.960. The molecule has 0 bridgehead atoms. The number of carbonyl (C=O) groups excluding carboxylic acids is 1. The molecule has 2 aliphatic heterocycles. The molecule has 0 saturated carbocycles. The molecule has 1 aromatic heterocycles. The average Bonchev–Trinajstić information content (AvgIpc) is 2.96. The van der Waals surface area contributed by atoms with Crippen LogP contribution in [0.5, 0.6) is 0 Å². The molecule has 0 radical (unpaired) electrons. The van der Waals surface area contributed by atoms with Crippen LogP contribution in [-0.4, -0.2) is 67.1 Å². The summed E-state index contributed by atoms with van der Waals surface area (Å²) in [6.45, 7) is 3.28. The molecule has 27 heavy (non-hydrogen) atoms. The summed E-state index contributed by atoms with van der Waals surface area (Å²) in [6, 6.07) is 0. The molecule has 3 heterocycles. The third kappa shape index (κ3) is 3.95. The summed E-state index contributed by atoms with van der Waals surface area (Å²) in [4.78, 5) is 16.3. The van der Waals surface area contributed by atoms with E-state index >= 15 is 0 Å². The van der Waals surface area contributed by atoms with Crippen molar-refractivity contribution in [2.45, 2.75) is 51.4 Å². The molecule has 2 fully saturated rings. The standard InChI is InChI=1S/C19H29N3O3S2/c23-19(17-15-26-18-8-3-2-7-16(17)18)20-9-6-12-22(14-13-20)27(24,25)21-10-4-1-5-11-21/h15H,1-14H2. The number of thiophene rings is 1. The lowest BCUT2D eigenvalue weighted by Crippen LogP contribution is -2.47. The minimum Gasteiger partial charge on any atom is -0.337 e. The highest BCUT2D eigenvalue weighted by Gasteiger charge is 2.33. The quantitative estimate of drug-likeness (QED) is 0.768. The monoisotopic (exact) mass is 411 g/mol. The number of carbonyl (C=O) groups is 1. The first-order chi connectivity index (χ1) is 13.1. The molecule has 0 N–H and O–H groups in total. The molecule has 150 valence electrons. The van der Waals surface area contributed by atoms with E-state index in [1.807, 2.05) is 10.3 Å². The molecule has 1 amide bonds. The van der Waals surface area contributed by atoms with Crippen molar-refractivity contribution in [2.24, 2.45) is 0 Å². The SMILES string of the molecule is O=C(c1csc2c1CCCC2)N1CCCN(S(=O)(=O)N2CCCCC2)CC1. The fraction of sp³-hybridized carbons (Fsp3) is 0.737. The molecule has 0 unspecified atom stereocenters. The molecule has 1 aliphatic carbocycles. The Kier molecular flexibility index (Phi) is 5.87. The Bertz CT molecular complexity index is 784. The number of hydrogen-bond acceptors (Lipinski definition) is 4. The lowest BCUT2D eigenvalue weighted by atomic mass is 9.95. The maximum Gasteiger partial charge on any atom is 0.282 e. The van der Waals surface area contributed by atoms with Crippen LogP contribution in [0.2, 0.25) is 0 Å². The zero-order chi connectivity index (χ0) is 18.9. The van der Waals surface area contributed by atoms with Crippen LogP contribution in [0.4, 0.5) is 0 Å². The summed E-state index contributed by atoms with van der Waals surface area (Å²) in [7, 11) is -3.39. The minimum atomic E-state index is -3.39. The topological polar surface area (TPSA) is 60.9 Å². The van der Waals surface area contributed by atoms with Gasteiger partial charge in [-0.1, -0.05) is 6.42 Å². The van der Waals surface area contributed by atoms with E-state index in [2.05, 4.69) is 0 Å². The van der Waals surface area contributed by atoms with E-state index in [9.17, 15) is 13.2 Å². The van der Waals surface area contributed by atoms with E-state index in [1.165, 1.54) is 16.9 Å². The van der Waals surface area contributed by atoms with Gasteiger partial charge in [-0.05, 0) is 50.5 Å². The zero-order valence-electron chi connectivity index (χ0n) is 15.9. The van der Waals surface area contributed by atoms with Crippen molar-refractivity contribution < 1.29 is 13.2 Å². The molecular formula is C19H29N3O3S2. The van der Waals surface area contributed by atoms with Gasteiger partial charge in [-0.2, -0.15) is 17.0 Å². The van der Waals surface area contributed by atoms with Crippen molar-refractivity contribution in [3.63, 3.8) is 0 Å². The number of rotatable bonds is 3. The zero-order valence-corrected chi connectivity index (χ0v) is 17.5. The van der Waals surface area contributed by atoms with Gasteiger partial charge in [0.05, 0.1) is 5.56 Å². The van der Waals surface area contributed by atoms with Gasteiger partial charge in [-0.25, -0.2) is 0 Å². The van der Waals surface area contributed by atoms with Gasteiger partial charge in [0.25, 0.3) is 16.1 Å². The largest absolute Gasteiger partial charge is 0.337 e. The van der Waals surface area contributed by atoms with Gasteiger partial charge in [0.15, 0.2) is 0 Å². The van der Waals surface area contributed by atoms with E-state index in [0.29, 0.717) is 45.7 Å². The normalized spacial score (nSPS) is 23.0. The minimum absolute atomic E-state index is 0.0895. The molecule has 2 saturated heterocycles. The van der Waals surface area contributed by atoms with E-state index in [1.54, 1.807) is 19.9 Å². The Morgan fingerprint density at radius 2 is 1.52 bits per heavy atom. The van der Waals surface area contributed by atoms with Gasteiger partial charge >= 0.3 is 0 Å². The molecule has 0 atom stereocenters. The lowest BCUT2D eigenvalue weighted by molar-refractivity contribution is 0.0763. The highest BCUT2D eigenvalue weighted by Crippen LogP contribution is 2.31. The van der Waals surface area contributed by atoms with Crippen molar-refractivity contribution in [3.05, 3.63) is 21.4 Å². The summed E-state index contributed by atoms with van der Waals surface area (Å²) in [5.41, 5.74) is 2.11. The van der Waals surface area contributed by atoms with Crippen LogP contribution in [0.15, 0.2) is 5.38 Å². The Morgan fingerprint density at radius 1 is 0.815 bits per heavy atom. The molecule has 4 rings (SSSR count). The van der Waals surface area contributed by atoms with Gasteiger partial charge in [0, 0.05) is 49.5 Å². The van der Waals surface area contributed by atoms with Crippen LogP contribution < -0.4 is 0 Å². The first-order valence-electron chi connectivity index (χ1n) is 10.2. The van der Waals surface area contributed by atoms with Gasteiger partial charge < -0.3 is 4.90 Å². The summed E-state index contributed by atoms with van der Waals surface area (Å²) in [5, 5.41) is 2.02. The van der Waals surface area contributed by atoms with Crippen LogP contribution in [0.1, 0.15) is 59.3 Å². The van der Waals surface area contributed by atoms with E-state index in [4.69, 9.17) is 0 Å². The second-order valence-electron chi connectivity index (χ2n) is 7.77. The Morgan fingerprint density at radius 3 is 2.33 bits per heavy atom. The second-order valence-corrected chi connectivity index (χ2v) is 10.7. The smallest absolute Gasteiger partial charge is 0.282 e. The highest BCUT2D eigenvalue weighted by molar-refractivity contribution is 7.86. The lowest BCUT2D eigenvalue weighted by Gasteiger charge is -2.31. The van der Waals surface area contributed by atoms with Gasteiger partial charge in [-0.3, -0.25) is 4.79 Å². The van der Waals surface area contributed by atoms with E-state index < -0.39 is 10.2 Å². The Labute approximate surface area is 166 Å². The predicted octanol–water partition coefficient (Wildman–Crippen LogP) is 2.51. The number of nitrogens with zero attached hydrogens (tertiary/aromatic N) is 3. The maximum atomic E-state index is 13.1. The van der Waals surface area contributed by atoms with E-state index in [0.717, 1.165) is 44.1 Å². The number of amides is 1. The highest BCUT2D eigenvalue weighted by atomic mass is 32.2. The van der Waals surface area contributed by atoms with Crippen LogP contribution >= 0.6 is 11.3 Å². The van der Waals surface area contributed by atoms with Crippen LogP contribution in [0.3, 0.4) is 0 Å². The predicted molar refractivity (Wildman–Crippen MR) is 107 cm³/mol. The third-order valence-electron chi connectivity index (χ3n) is 6.00. The van der Waals surface area contributed by atoms with Gasteiger partial charge in [0.2, 0.25) is 0 Å². The van der Waals surface area contributed by atoms with E-state index in [-0.39, 0.29) is 5.91 Å². The maximum absolute atomic E-state index is 13.1. The number of fused-ring (bicyclic) bond motifs is 1. The summed E-state index contributed by atoms with van der Waals surface area (Å²) >= 11 is 1.71. The van der Waals surface area contributed by atoms with Crippen molar-refractivity contribution >= 4 is 27.5 Å². The van der Waals surface area contributed by atoms with Crippen molar-refractivity contribution in [2.75, 3.05) is 39.3 Å². The Balaban J connectivity index is 1.44. The first kappa shape index (κ1) is 19.4. The molecular weight excluding hydrogens is 382 g/mol. The fourth-order valence-corrected chi connectivity index (χ4v) is 7.27. The first-order valence-corrected chi connectivity index (χ1v) is 12.5. The second kappa shape index (κ2) is 8.19. The summed E-state index contributed by atoms with van der Waals surface area (Å²) < 4.78 is 29.1. The summed E-state index contributed by atoms with van der Waals surface area (Å²) in [6.07, 6.45) is 8.17. The third-order valence-corrected chi connectivity index (χ3v) is 9.13. The van der Waals surface area contributed by atoms with Crippen LogP contribution in [-0.2, 0) is 23.1 Å². The molecule has 6 nitrogen and oxygen atoms in total. The summed E-state index contributed by atoms with van der Waals surface area (Å²) in [5.74, 6) is 0.0895. The fourth-order valence-electron chi connectivity index (χ4n) is 4.43. The molecule has 0 aromatic carbocycles. The van der Waals surface area contributed by atoms with Crippen LogP contribution in [0, 0.1) is 0 Å². The molecule has 8 heteroatoms. The molecule has 3 aliphatic rings. The van der Waals surface area contributed by atoms with Gasteiger partial charge in [-0.15, -0.1) is 11.3 Å². The van der Waals surface area contributed by atoms with Crippen molar-refractivity contribution in [1.82, 2.24) is 13.5 Å². The molecule has 0 spiro atoms. The average molecular weight is 412 g/mol. The molecule has 1 aromatic rings. The number of piperidine rings is 1.